The van der Waals surface area contributed by atoms with Crippen molar-refractivity contribution >= 4 is 23.5 Å². The molecule has 2 aliphatic rings. The van der Waals surface area contributed by atoms with Gasteiger partial charge >= 0.3 is 0 Å². The summed E-state index contributed by atoms with van der Waals surface area (Å²) in [6.45, 7) is 4.92. The van der Waals surface area contributed by atoms with Crippen molar-refractivity contribution in [2.75, 3.05) is 18.9 Å². The number of Topliss-reactive ketones (excluding diaryl/α,β-unsaturated/α-hetero) is 1. The van der Waals surface area contributed by atoms with Crippen molar-refractivity contribution in [1.82, 2.24) is 10.2 Å². The van der Waals surface area contributed by atoms with Crippen molar-refractivity contribution in [3.63, 3.8) is 0 Å². The predicted molar refractivity (Wildman–Crippen MR) is 90.3 cm³/mol. The zero-order chi connectivity index (χ0) is 16.4. The molecular formula is C17H20N2O3S. The van der Waals surface area contributed by atoms with Crippen LogP contribution in [0.3, 0.4) is 0 Å². The summed E-state index contributed by atoms with van der Waals surface area (Å²) < 4.78 is 5.66. The Morgan fingerprint density at radius 2 is 2.13 bits per heavy atom. The van der Waals surface area contributed by atoms with Gasteiger partial charge in [-0.05, 0) is 30.9 Å². The van der Waals surface area contributed by atoms with Gasteiger partial charge in [0.2, 0.25) is 0 Å². The first-order valence-electron chi connectivity index (χ1n) is 7.82. The monoisotopic (exact) mass is 332 g/mol. The first kappa shape index (κ1) is 15.9. The molecule has 0 aliphatic carbocycles. The van der Waals surface area contributed by atoms with E-state index in [4.69, 9.17) is 4.74 Å². The summed E-state index contributed by atoms with van der Waals surface area (Å²) in [7, 11) is 0. The molecule has 6 heteroatoms. The van der Waals surface area contributed by atoms with Crippen LogP contribution in [0.1, 0.15) is 24.2 Å². The molecule has 3 rings (SSSR count). The normalized spacial score (nSPS) is 25.3. The molecule has 122 valence electrons. The standard InChI is InChI=1S/C17H20N2O3S/c1-3-19-16(21)13(18-17(19)23-4-2)9-11-10-22-14-8-6-5-7-12(14)15(11)20/h5-9,11,17-18H,3-4,10H2,1-2H3/b13-9-. The number of para-hydroxylation sites is 1. The molecular weight excluding hydrogens is 312 g/mol. The van der Waals surface area contributed by atoms with Gasteiger partial charge in [-0.2, -0.15) is 0 Å². The van der Waals surface area contributed by atoms with Crippen molar-refractivity contribution in [3.8, 4) is 5.75 Å². The zero-order valence-corrected chi connectivity index (χ0v) is 14.1. The maximum atomic E-state index is 12.6. The van der Waals surface area contributed by atoms with E-state index in [0.717, 1.165) is 5.75 Å². The number of ketones is 1. The lowest BCUT2D eigenvalue weighted by molar-refractivity contribution is -0.125. The molecule has 1 fully saturated rings. The molecule has 0 radical (unpaired) electrons. The molecule has 23 heavy (non-hydrogen) atoms. The maximum Gasteiger partial charge on any atom is 0.271 e. The number of carbonyl (C=O) groups excluding carboxylic acids is 2. The highest BCUT2D eigenvalue weighted by molar-refractivity contribution is 7.99. The van der Waals surface area contributed by atoms with Gasteiger partial charge in [-0.3, -0.25) is 9.59 Å². The van der Waals surface area contributed by atoms with Crippen molar-refractivity contribution < 1.29 is 14.3 Å². The highest BCUT2D eigenvalue weighted by Crippen LogP contribution is 2.29. The van der Waals surface area contributed by atoms with E-state index in [1.807, 2.05) is 19.1 Å². The highest BCUT2D eigenvalue weighted by atomic mass is 32.2. The maximum absolute atomic E-state index is 12.6. The van der Waals surface area contributed by atoms with E-state index in [1.165, 1.54) is 0 Å². The average Bonchev–Trinajstić information content (AvgIpc) is 2.86. The lowest BCUT2D eigenvalue weighted by Gasteiger charge is -2.22. The highest BCUT2D eigenvalue weighted by Gasteiger charge is 2.36. The molecule has 2 aliphatic heterocycles. The fourth-order valence-electron chi connectivity index (χ4n) is 2.83. The van der Waals surface area contributed by atoms with Crippen LogP contribution in [0.2, 0.25) is 0 Å². The summed E-state index contributed by atoms with van der Waals surface area (Å²) in [6, 6.07) is 7.22. The molecule has 1 amide bonds. The minimum Gasteiger partial charge on any atom is -0.492 e. The van der Waals surface area contributed by atoms with Gasteiger partial charge in [0, 0.05) is 6.54 Å². The Balaban J connectivity index is 1.82. The first-order chi connectivity index (χ1) is 11.2. The number of nitrogens with one attached hydrogen (secondary N) is 1. The lowest BCUT2D eigenvalue weighted by atomic mass is 9.94. The van der Waals surface area contributed by atoms with E-state index in [2.05, 4.69) is 12.2 Å². The summed E-state index contributed by atoms with van der Waals surface area (Å²) in [5, 5.41) is 3.23. The summed E-state index contributed by atoms with van der Waals surface area (Å²) in [5.41, 5.74) is 1.02. The average molecular weight is 332 g/mol. The minimum atomic E-state index is -0.430. The van der Waals surface area contributed by atoms with Crippen molar-refractivity contribution in [3.05, 3.63) is 41.6 Å². The third-order valence-electron chi connectivity index (χ3n) is 3.99. The molecule has 2 heterocycles. The van der Waals surface area contributed by atoms with Crippen LogP contribution in [-0.2, 0) is 4.79 Å². The number of carbonyl (C=O) groups is 2. The molecule has 0 saturated carbocycles. The zero-order valence-electron chi connectivity index (χ0n) is 13.2. The number of nitrogens with zero attached hydrogens (tertiary/aromatic N) is 1. The Morgan fingerprint density at radius 1 is 1.35 bits per heavy atom. The van der Waals surface area contributed by atoms with E-state index in [-0.39, 0.29) is 23.8 Å². The number of likely N-dealkylation sites (N-methyl/N-ethyl adjacent to an activating group) is 1. The number of rotatable bonds is 4. The Bertz CT molecular complexity index is 659. The number of benzene rings is 1. The largest absolute Gasteiger partial charge is 0.492 e. The number of hydrogen-bond donors (Lipinski definition) is 1. The van der Waals surface area contributed by atoms with Gasteiger partial charge in [-0.25, -0.2) is 0 Å². The second kappa shape index (κ2) is 6.66. The van der Waals surface area contributed by atoms with Crippen molar-refractivity contribution in [2.45, 2.75) is 19.3 Å². The molecule has 1 saturated heterocycles. The van der Waals surface area contributed by atoms with Gasteiger partial charge < -0.3 is 15.0 Å². The number of amides is 1. The van der Waals surface area contributed by atoms with E-state index < -0.39 is 5.92 Å². The summed E-state index contributed by atoms with van der Waals surface area (Å²) in [6.07, 6.45) is 1.72. The number of hydrogen-bond acceptors (Lipinski definition) is 5. The quantitative estimate of drug-likeness (QED) is 0.857. The fourth-order valence-corrected chi connectivity index (χ4v) is 3.78. The third-order valence-corrected chi connectivity index (χ3v) is 5.02. The van der Waals surface area contributed by atoms with E-state index in [1.54, 1.807) is 34.9 Å². The summed E-state index contributed by atoms with van der Waals surface area (Å²) in [5.74, 6) is 1.05. The molecule has 1 aromatic carbocycles. The van der Waals surface area contributed by atoms with Gasteiger partial charge in [-0.1, -0.05) is 19.1 Å². The predicted octanol–water partition coefficient (Wildman–Crippen LogP) is 2.25. The van der Waals surface area contributed by atoms with E-state index >= 15 is 0 Å². The second-order valence-electron chi connectivity index (χ2n) is 5.40. The van der Waals surface area contributed by atoms with Crippen molar-refractivity contribution in [1.29, 1.82) is 0 Å². The molecule has 5 nitrogen and oxygen atoms in total. The Hall–Kier alpha value is -1.95. The SMILES string of the molecule is CCSC1N/C(=C\C2COc3ccccc3C2=O)C(=O)N1CC. The minimum absolute atomic E-state index is 0.00333. The van der Waals surface area contributed by atoms with Crippen LogP contribution in [0.5, 0.6) is 5.75 Å². The van der Waals surface area contributed by atoms with Crippen molar-refractivity contribution in [2.24, 2.45) is 5.92 Å². The van der Waals surface area contributed by atoms with Gasteiger partial charge in [0.15, 0.2) is 11.3 Å². The molecule has 0 spiro atoms. The van der Waals surface area contributed by atoms with E-state index in [0.29, 0.717) is 23.6 Å². The number of ether oxygens (including phenoxy) is 1. The smallest absolute Gasteiger partial charge is 0.271 e. The van der Waals surface area contributed by atoms with Gasteiger partial charge in [0.1, 0.15) is 12.4 Å². The summed E-state index contributed by atoms with van der Waals surface area (Å²) in [4.78, 5) is 26.8. The topological polar surface area (TPSA) is 58.6 Å². The summed E-state index contributed by atoms with van der Waals surface area (Å²) >= 11 is 1.67. The van der Waals surface area contributed by atoms with Crippen LogP contribution in [0, 0.1) is 5.92 Å². The Kier molecular flexibility index (Phi) is 4.61. The van der Waals surface area contributed by atoms with Gasteiger partial charge in [-0.15, -0.1) is 11.8 Å². The van der Waals surface area contributed by atoms with Crippen LogP contribution >= 0.6 is 11.8 Å². The van der Waals surface area contributed by atoms with Gasteiger partial charge in [0.05, 0.1) is 17.2 Å². The van der Waals surface area contributed by atoms with E-state index in [9.17, 15) is 9.59 Å². The van der Waals surface area contributed by atoms with Gasteiger partial charge in [0.25, 0.3) is 5.91 Å². The third kappa shape index (κ3) is 2.95. The molecule has 2 unspecified atom stereocenters. The lowest BCUT2D eigenvalue weighted by Crippen LogP contribution is -2.34. The van der Waals surface area contributed by atoms with Crippen LogP contribution in [-0.4, -0.2) is 41.0 Å². The number of fused-ring (bicyclic) bond motifs is 1. The number of thioether (sulfide) groups is 1. The molecule has 1 N–H and O–H groups in total. The first-order valence-corrected chi connectivity index (χ1v) is 8.87. The fraction of sp³-hybridized carbons (Fsp3) is 0.412. The Morgan fingerprint density at radius 3 is 2.87 bits per heavy atom. The van der Waals surface area contributed by atoms with Crippen LogP contribution < -0.4 is 10.1 Å². The Labute approximate surface area is 140 Å². The van der Waals surface area contributed by atoms with Crippen LogP contribution in [0.25, 0.3) is 0 Å². The van der Waals surface area contributed by atoms with Crippen LogP contribution in [0.4, 0.5) is 0 Å². The molecule has 0 bridgehead atoms. The molecule has 2 atom stereocenters. The molecule has 1 aromatic rings. The molecule has 0 aromatic heterocycles. The van der Waals surface area contributed by atoms with Crippen LogP contribution in [0.15, 0.2) is 36.0 Å². The second-order valence-corrected chi connectivity index (χ2v) is 6.76.